The summed E-state index contributed by atoms with van der Waals surface area (Å²) in [7, 11) is -2.03. The van der Waals surface area contributed by atoms with Gasteiger partial charge in [-0.3, -0.25) is 4.79 Å². The normalized spacial score (nSPS) is 11.4. The SMILES string of the molecule is CCCCCCCCCC(=O)C[P+](c1ccccc1)(c1ccccc1)c1ccccc1. The Morgan fingerprint density at radius 1 is 0.581 bits per heavy atom. The molecule has 2 heteroatoms. The summed E-state index contributed by atoms with van der Waals surface area (Å²) in [6, 6.07) is 32.1. The van der Waals surface area contributed by atoms with Crippen molar-refractivity contribution >= 4 is 29.0 Å². The van der Waals surface area contributed by atoms with E-state index in [9.17, 15) is 4.79 Å². The average molecular weight is 432 g/mol. The van der Waals surface area contributed by atoms with Gasteiger partial charge in [-0.25, -0.2) is 0 Å². The summed E-state index contributed by atoms with van der Waals surface area (Å²) in [5, 5.41) is 3.88. The van der Waals surface area contributed by atoms with Gasteiger partial charge in [-0.1, -0.05) is 100 Å². The molecule has 0 amide bonds. The molecule has 0 N–H and O–H groups in total. The smallest absolute Gasteiger partial charge is 0.171 e. The fourth-order valence-corrected chi connectivity index (χ4v) is 8.56. The van der Waals surface area contributed by atoms with E-state index in [1.807, 2.05) is 0 Å². The Hall–Kier alpha value is -2.24. The zero-order valence-electron chi connectivity index (χ0n) is 18.9. The Kier molecular flexibility index (Phi) is 9.50. The van der Waals surface area contributed by atoms with Crippen LogP contribution in [0, 0.1) is 0 Å². The fourth-order valence-electron chi connectivity index (χ4n) is 4.39. The highest BCUT2D eigenvalue weighted by Gasteiger charge is 2.46. The molecule has 0 aromatic heterocycles. The summed E-state index contributed by atoms with van der Waals surface area (Å²) in [5.41, 5.74) is 0. The van der Waals surface area contributed by atoms with Gasteiger partial charge in [-0.05, 0) is 42.8 Å². The van der Waals surface area contributed by atoms with Crippen molar-refractivity contribution in [3.05, 3.63) is 91.0 Å². The minimum Gasteiger partial charge on any atom is -0.296 e. The summed E-state index contributed by atoms with van der Waals surface area (Å²) < 4.78 is 0. The number of benzene rings is 3. The van der Waals surface area contributed by atoms with Gasteiger partial charge in [0.1, 0.15) is 29.3 Å². The molecule has 162 valence electrons. The topological polar surface area (TPSA) is 17.1 Å². The molecule has 0 saturated heterocycles. The molecule has 0 spiro atoms. The molecule has 0 bridgehead atoms. The van der Waals surface area contributed by atoms with Crippen molar-refractivity contribution < 1.29 is 4.79 Å². The van der Waals surface area contributed by atoms with Crippen LogP contribution in [-0.2, 0) is 4.79 Å². The molecule has 0 radical (unpaired) electrons. The van der Waals surface area contributed by atoms with Crippen molar-refractivity contribution in [2.45, 2.75) is 58.3 Å². The molecule has 3 rings (SSSR count). The van der Waals surface area contributed by atoms with E-state index in [0.29, 0.717) is 18.4 Å². The maximum Gasteiger partial charge on any atom is 0.171 e. The van der Waals surface area contributed by atoms with Crippen LogP contribution in [0.15, 0.2) is 91.0 Å². The molecule has 0 fully saturated rings. The van der Waals surface area contributed by atoms with E-state index in [0.717, 1.165) is 6.42 Å². The number of rotatable bonds is 13. The average Bonchev–Trinajstić information content (AvgIpc) is 2.83. The summed E-state index contributed by atoms with van der Waals surface area (Å²) in [5.74, 6) is 0.401. The van der Waals surface area contributed by atoms with Crippen LogP contribution >= 0.6 is 7.26 Å². The molecule has 0 unspecified atom stereocenters. The molecule has 0 atom stereocenters. The van der Waals surface area contributed by atoms with Crippen LogP contribution in [0.3, 0.4) is 0 Å². The number of carbonyl (C=O) groups excluding carboxylic acids is 1. The Morgan fingerprint density at radius 2 is 0.968 bits per heavy atom. The van der Waals surface area contributed by atoms with Crippen LogP contribution in [0.4, 0.5) is 0 Å². The quantitative estimate of drug-likeness (QED) is 0.218. The third-order valence-corrected chi connectivity index (χ3v) is 10.4. The molecule has 31 heavy (non-hydrogen) atoms. The summed E-state index contributed by atoms with van der Waals surface area (Å²) in [6.45, 7) is 2.25. The maximum absolute atomic E-state index is 13.3. The zero-order chi connectivity index (χ0) is 21.8. The first-order valence-corrected chi connectivity index (χ1v) is 13.8. The maximum atomic E-state index is 13.3. The first kappa shape index (κ1) is 23.4. The van der Waals surface area contributed by atoms with Gasteiger partial charge < -0.3 is 0 Å². The standard InChI is InChI=1S/C29H36OP/c1-2-3-4-5-6-7-11-18-26(30)25-31(27-19-12-8-13-20-27,28-21-14-9-15-22-28)29-23-16-10-17-24-29/h8-10,12-17,19-24H,2-7,11,18,25H2,1H3/q+1. The lowest BCUT2D eigenvalue weighted by Gasteiger charge is -2.27. The minimum atomic E-state index is -2.03. The van der Waals surface area contributed by atoms with Gasteiger partial charge in [0.25, 0.3) is 0 Å². The number of hydrogen-bond donors (Lipinski definition) is 0. The zero-order valence-corrected chi connectivity index (χ0v) is 19.8. The van der Waals surface area contributed by atoms with Gasteiger partial charge in [-0.15, -0.1) is 0 Å². The Balaban J connectivity index is 1.84. The number of ketones is 1. The van der Waals surface area contributed by atoms with Crippen molar-refractivity contribution in [2.24, 2.45) is 0 Å². The Bertz CT molecular complexity index is 793. The lowest BCUT2D eigenvalue weighted by Crippen LogP contribution is -2.35. The van der Waals surface area contributed by atoms with Gasteiger partial charge in [0, 0.05) is 6.42 Å². The predicted octanol–water partition coefficient (Wildman–Crippen LogP) is 6.69. The van der Waals surface area contributed by atoms with E-state index in [-0.39, 0.29) is 0 Å². The summed E-state index contributed by atoms with van der Waals surface area (Å²) in [4.78, 5) is 13.3. The van der Waals surface area contributed by atoms with Gasteiger partial charge in [-0.2, -0.15) is 0 Å². The predicted molar refractivity (Wildman–Crippen MR) is 138 cm³/mol. The summed E-state index contributed by atoms with van der Waals surface area (Å²) >= 11 is 0. The van der Waals surface area contributed by atoms with Crippen LogP contribution in [0.25, 0.3) is 0 Å². The first-order chi connectivity index (χ1) is 15.3. The van der Waals surface area contributed by atoms with E-state index < -0.39 is 7.26 Å². The van der Waals surface area contributed by atoms with E-state index >= 15 is 0 Å². The summed E-state index contributed by atoms with van der Waals surface area (Å²) in [6.07, 6.45) is 9.99. The number of Topliss-reactive ketones (excluding diaryl/α,β-unsaturated/α-hetero) is 1. The number of carbonyl (C=O) groups is 1. The lowest BCUT2D eigenvalue weighted by molar-refractivity contribution is -0.116. The van der Waals surface area contributed by atoms with Crippen LogP contribution in [0.2, 0.25) is 0 Å². The minimum absolute atomic E-state index is 0.401. The molecule has 3 aromatic carbocycles. The van der Waals surface area contributed by atoms with E-state index in [1.54, 1.807) is 0 Å². The van der Waals surface area contributed by atoms with Crippen molar-refractivity contribution in [3.8, 4) is 0 Å². The highest BCUT2D eigenvalue weighted by molar-refractivity contribution is 7.96. The van der Waals surface area contributed by atoms with Crippen LogP contribution in [0.1, 0.15) is 58.3 Å². The molecular weight excluding hydrogens is 395 g/mol. The van der Waals surface area contributed by atoms with Gasteiger partial charge in [0.05, 0.1) is 0 Å². The molecular formula is C29H36OP+. The first-order valence-electron chi connectivity index (χ1n) is 11.8. The molecule has 0 aliphatic rings. The molecule has 0 heterocycles. The lowest BCUT2D eigenvalue weighted by atomic mass is 10.1. The largest absolute Gasteiger partial charge is 0.296 e. The Labute approximate surface area is 189 Å². The van der Waals surface area contributed by atoms with Crippen LogP contribution < -0.4 is 15.9 Å². The monoisotopic (exact) mass is 431 g/mol. The second-order valence-corrected chi connectivity index (χ2v) is 11.9. The fraction of sp³-hybridized carbons (Fsp3) is 0.345. The van der Waals surface area contributed by atoms with E-state index in [1.165, 1.54) is 54.4 Å². The number of unbranched alkanes of at least 4 members (excludes halogenated alkanes) is 6. The van der Waals surface area contributed by atoms with Crippen molar-refractivity contribution in [2.75, 3.05) is 6.16 Å². The number of hydrogen-bond acceptors (Lipinski definition) is 1. The Morgan fingerprint density at radius 3 is 1.39 bits per heavy atom. The van der Waals surface area contributed by atoms with Crippen LogP contribution in [0.5, 0.6) is 0 Å². The van der Waals surface area contributed by atoms with Gasteiger partial charge in [0.2, 0.25) is 0 Å². The third kappa shape index (κ3) is 6.37. The second-order valence-electron chi connectivity index (χ2n) is 8.38. The van der Waals surface area contributed by atoms with Gasteiger partial charge in [0.15, 0.2) is 5.78 Å². The molecule has 0 aliphatic carbocycles. The van der Waals surface area contributed by atoms with Crippen molar-refractivity contribution in [3.63, 3.8) is 0 Å². The third-order valence-electron chi connectivity index (χ3n) is 6.06. The van der Waals surface area contributed by atoms with E-state index in [4.69, 9.17) is 0 Å². The molecule has 1 nitrogen and oxygen atoms in total. The van der Waals surface area contributed by atoms with Crippen molar-refractivity contribution in [1.29, 1.82) is 0 Å². The van der Waals surface area contributed by atoms with Crippen molar-refractivity contribution in [1.82, 2.24) is 0 Å². The van der Waals surface area contributed by atoms with Crippen LogP contribution in [-0.4, -0.2) is 11.9 Å². The molecule has 3 aromatic rings. The highest BCUT2D eigenvalue weighted by atomic mass is 31.2. The highest BCUT2D eigenvalue weighted by Crippen LogP contribution is 2.55. The second kappa shape index (κ2) is 12.6. The molecule has 0 aliphatic heterocycles. The van der Waals surface area contributed by atoms with Gasteiger partial charge >= 0.3 is 0 Å². The molecule has 0 saturated carbocycles. The van der Waals surface area contributed by atoms with E-state index in [2.05, 4.69) is 97.9 Å².